The van der Waals surface area contributed by atoms with Crippen LogP contribution in [0.5, 0.6) is 11.5 Å². The van der Waals surface area contributed by atoms with Crippen molar-refractivity contribution in [1.29, 1.82) is 0 Å². The third kappa shape index (κ3) is 5.03. The number of nitrogens with zero attached hydrogens (tertiary/aromatic N) is 1. The molecule has 0 aliphatic heterocycles. The van der Waals surface area contributed by atoms with E-state index in [4.69, 9.17) is 4.74 Å². The number of carbonyl (C=O) groups is 1. The molecule has 0 bridgehead atoms. The highest BCUT2D eigenvalue weighted by molar-refractivity contribution is 5.86. The van der Waals surface area contributed by atoms with Crippen LogP contribution < -0.4 is 15.5 Å². The maximum Gasteiger partial charge on any atom is 0.259 e. The largest absolute Gasteiger partial charge is 0.507 e. The molecule has 0 aliphatic carbocycles. The van der Waals surface area contributed by atoms with E-state index in [1.807, 2.05) is 31.2 Å². The lowest BCUT2D eigenvalue weighted by Crippen LogP contribution is -2.25. The van der Waals surface area contributed by atoms with Crippen LogP contribution in [0.3, 0.4) is 0 Å². The van der Waals surface area contributed by atoms with E-state index in [1.165, 1.54) is 19.4 Å². The Morgan fingerprint density at radius 3 is 2.87 bits per heavy atom. The molecular weight excluding hydrogens is 294 g/mol. The van der Waals surface area contributed by atoms with Crippen molar-refractivity contribution in [3.05, 3.63) is 53.6 Å². The van der Waals surface area contributed by atoms with Gasteiger partial charge >= 0.3 is 0 Å². The highest BCUT2D eigenvalue weighted by Crippen LogP contribution is 2.20. The van der Waals surface area contributed by atoms with E-state index >= 15 is 0 Å². The van der Waals surface area contributed by atoms with Crippen molar-refractivity contribution in [3.63, 3.8) is 0 Å². The monoisotopic (exact) mass is 313 g/mol. The molecule has 0 saturated carbocycles. The van der Waals surface area contributed by atoms with Gasteiger partial charge in [-0.25, -0.2) is 5.43 Å². The summed E-state index contributed by atoms with van der Waals surface area (Å²) in [5, 5.41) is 16.5. The van der Waals surface area contributed by atoms with Gasteiger partial charge in [-0.1, -0.05) is 12.1 Å². The van der Waals surface area contributed by atoms with Crippen LogP contribution in [0.15, 0.2) is 47.6 Å². The molecule has 0 radical (unpaired) electrons. The zero-order valence-electron chi connectivity index (χ0n) is 13.0. The summed E-state index contributed by atoms with van der Waals surface area (Å²) in [5.41, 5.74) is 4.83. The fraction of sp³-hybridized carbons (Fsp3) is 0.176. The average Bonchev–Trinajstić information content (AvgIpc) is 2.55. The number of nitrogens with one attached hydrogen (secondary N) is 2. The summed E-state index contributed by atoms with van der Waals surface area (Å²) in [7, 11) is 1.53. The minimum Gasteiger partial charge on any atom is -0.507 e. The first-order chi connectivity index (χ1) is 11.1. The predicted octanol–water partition coefficient (Wildman–Crippen LogP) is 2.27. The number of rotatable bonds is 6. The molecule has 0 atom stereocenters. The van der Waals surface area contributed by atoms with Gasteiger partial charge in [-0.05, 0) is 42.8 Å². The molecule has 6 heteroatoms. The molecule has 1 amide bonds. The number of ether oxygens (including phenoxy) is 1. The molecule has 0 aliphatic rings. The summed E-state index contributed by atoms with van der Waals surface area (Å²) in [6.07, 6.45) is 1.36. The van der Waals surface area contributed by atoms with E-state index < -0.39 is 0 Å². The molecule has 0 aromatic heterocycles. The van der Waals surface area contributed by atoms with Gasteiger partial charge in [-0.3, -0.25) is 4.79 Å². The van der Waals surface area contributed by atoms with Crippen LogP contribution in [0.1, 0.15) is 11.1 Å². The standard InChI is InChI=1S/C17H19N3O3/c1-12-4-3-5-14(8-12)18-11-17(22)20-19-10-13-9-15(23-2)6-7-16(13)21/h3-10,18,21H,11H2,1-2H3,(H,20,22). The van der Waals surface area contributed by atoms with Crippen molar-refractivity contribution in [3.8, 4) is 11.5 Å². The van der Waals surface area contributed by atoms with Crippen molar-refractivity contribution in [1.82, 2.24) is 5.43 Å². The number of methoxy groups -OCH3 is 1. The number of hydrogen-bond acceptors (Lipinski definition) is 5. The molecule has 6 nitrogen and oxygen atoms in total. The molecule has 23 heavy (non-hydrogen) atoms. The quantitative estimate of drug-likeness (QED) is 0.564. The number of hydrogen-bond donors (Lipinski definition) is 3. The van der Waals surface area contributed by atoms with Gasteiger partial charge in [0.1, 0.15) is 11.5 Å². The Labute approximate surface area is 134 Å². The Hall–Kier alpha value is -3.02. The minimum absolute atomic E-state index is 0.0571. The van der Waals surface area contributed by atoms with Gasteiger partial charge in [0.2, 0.25) is 0 Å². The first-order valence-electron chi connectivity index (χ1n) is 7.08. The summed E-state index contributed by atoms with van der Waals surface area (Å²) < 4.78 is 5.06. The van der Waals surface area contributed by atoms with Gasteiger partial charge in [0.15, 0.2) is 0 Å². The smallest absolute Gasteiger partial charge is 0.259 e. The summed E-state index contributed by atoms with van der Waals surface area (Å²) >= 11 is 0. The Morgan fingerprint density at radius 2 is 2.13 bits per heavy atom. The van der Waals surface area contributed by atoms with Gasteiger partial charge in [-0.15, -0.1) is 0 Å². The lowest BCUT2D eigenvalue weighted by atomic mass is 10.2. The van der Waals surface area contributed by atoms with Crippen molar-refractivity contribution < 1.29 is 14.6 Å². The number of carbonyl (C=O) groups excluding carboxylic acids is 1. The molecule has 0 saturated heterocycles. The van der Waals surface area contributed by atoms with Gasteiger partial charge in [-0.2, -0.15) is 5.10 Å². The lowest BCUT2D eigenvalue weighted by Gasteiger charge is -2.06. The Morgan fingerprint density at radius 1 is 1.30 bits per heavy atom. The van der Waals surface area contributed by atoms with E-state index in [1.54, 1.807) is 12.1 Å². The van der Waals surface area contributed by atoms with Crippen LogP contribution in [0.2, 0.25) is 0 Å². The van der Waals surface area contributed by atoms with Gasteiger partial charge in [0.05, 0.1) is 19.9 Å². The maximum atomic E-state index is 11.7. The van der Waals surface area contributed by atoms with E-state index in [2.05, 4.69) is 15.8 Å². The number of phenols is 1. The molecule has 0 heterocycles. The molecular formula is C17H19N3O3. The first-order valence-corrected chi connectivity index (χ1v) is 7.08. The molecule has 2 rings (SSSR count). The zero-order valence-corrected chi connectivity index (χ0v) is 13.0. The fourth-order valence-corrected chi connectivity index (χ4v) is 1.91. The van der Waals surface area contributed by atoms with Crippen molar-refractivity contribution in [2.45, 2.75) is 6.92 Å². The van der Waals surface area contributed by atoms with Crippen LogP contribution in [-0.2, 0) is 4.79 Å². The molecule has 0 unspecified atom stereocenters. The molecule has 2 aromatic carbocycles. The molecule has 120 valence electrons. The highest BCUT2D eigenvalue weighted by Gasteiger charge is 2.02. The number of hydrazone groups is 1. The SMILES string of the molecule is COc1ccc(O)c(C=NNC(=O)CNc2cccc(C)c2)c1. The van der Waals surface area contributed by atoms with Crippen molar-refractivity contribution in [2.75, 3.05) is 19.0 Å². The number of anilines is 1. The number of aromatic hydroxyl groups is 1. The Bertz CT molecular complexity index is 714. The second kappa shape index (κ2) is 7.84. The van der Waals surface area contributed by atoms with E-state index in [-0.39, 0.29) is 18.2 Å². The second-order valence-electron chi connectivity index (χ2n) is 4.94. The Kier molecular flexibility index (Phi) is 5.57. The summed E-state index contributed by atoms with van der Waals surface area (Å²) in [5.74, 6) is 0.364. The fourth-order valence-electron chi connectivity index (χ4n) is 1.91. The van der Waals surface area contributed by atoms with Gasteiger partial charge in [0, 0.05) is 11.3 Å². The van der Waals surface area contributed by atoms with Crippen LogP contribution in [-0.4, -0.2) is 30.9 Å². The van der Waals surface area contributed by atoms with Crippen LogP contribution >= 0.6 is 0 Å². The molecule has 0 fully saturated rings. The molecule has 2 aromatic rings. The maximum absolute atomic E-state index is 11.7. The van der Waals surface area contributed by atoms with Gasteiger partial charge < -0.3 is 15.2 Å². The third-order valence-electron chi connectivity index (χ3n) is 3.10. The van der Waals surface area contributed by atoms with Gasteiger partial charge in [0.25, 0.3) is 5.91 Å². The van der Waals surface area contributed by atoms with Crippen LogP contribution in [0.4, 0.5) is 5.69 Å². The summed E-state index contributed by atoms with van der Waals surface area (Å²) in [6.45, 7) is 2.08. The molecule has 0 spiro atoms. The van der Waals surface area contributed by atoms with Crippen LogP contribution in [0.25, 0.3) is 0 Å². The zero-order chi connectivity index (χ0) is 16.7. The van der Waals surface area contributed by atoms with Crippen LogP contribution in [0, 0.1) is 6.92 Å². The highest BCUT2D eigenvalue weighted by atomic mass is 16.5. The van der Waals surface area contributed by atoms with E-state index in [9.17, 15) is 9.90 Å². The summed E-state index contributed by atoms with van der Waals surface area (Å²) in [6, 6.07) is 12.5. The minimum atomic E-state index is -0.287. The summed E-state index contributed by atoms with van der Waals surface area (Å²) in [4.78, 5) is 11.7. The van der Waals surface area contributed by atoms with Crippen molar-refractivity contribution >= 4 is 17.8 Å². The lowest BCUT2D eigenvalue weighted by molar-refractivity contribution is -0.119. The third-order valence-corrected chi connectivity index (χ3v) is 3.10. The van der Waals surface area contributed by atoms with Crippen molar-refractivity contribution in [2.24, 2.45) is 5.10 Å². The average molecular weight is 313 g/mol. The number of phenolic OH excluding ortho intramolecular Hbond substituents is 1. The first kappa shape index (κ1) is 16.4. The van der Waals surface area contributed by atoms with E-state index in [0.29, 0.717) is 11.3 Å². The van der Waals surface area contributed by atoms with E-state index in [0.717, 1.165) is 11.3 Å². The number of amides is 1. The number of aryl methyl sites for hydroxylation is 1. The predicted molar refractivity (Wildman–Crippen MR) is 90.1 cm³/mol. The second-order valence-corrected chi connectivity index (χ2v) is 4.94. The molecule has 3 N–H and O–H groups in total. The Balaban J connectivity index is 1.86. The topological polar surface area (TPSA) is 83.0 Å². The number of benzene rings is 2. The normalized spacial score (nSPS) is 10.5.